The molecule has 18 heavy (non-hydrogen) atoms. The van der Waals surface area contributed by atoms with Crippen LogP contribution in [0.25, 0.3) is 11.0 Å². The second-order valence-corrected chi connectivity index (χ2v) is 4.48. The van der Waals surface area contributed by atoms with E-state index in [4.69, 9.17) is 4.42 Å². The lowest BCUT2D eigenvalue weighted by Gasteiger charge is -2.13. The Morgan fingerprint density at radius 2 is 2.22 bits per heavy atom. The Morgan fingerprint density at radius 1 is 1.33 bits per heavy atom. The first-order valence-corrected chi connectivity index (χ1v) is 5.97. The maximum atomic E-state index is 5.09. The van der Waals surface area contributed by atoms with E-state index >= 15 is 0 Å². The number of benzene rings is 1. The van der Waals surface area contributed by atoms with Crippen molar-refractivity contribution in [3.05, 3.63) is 48.2 Å². The van der Waals surface area contributed by atoms with Gasteiger partial charge in [-0.15, -0.1) is 0 Å². The van der Waals surface area contributed by atoms with Crippen molar-refractivity contribution in [2.24, 2.45) is 0 Å². The Bertz CT molecular complexity index is 655. The summed E-state index contributed by atoms with van der Waals surface area (Å²) in [5, 5.41) is 3.44. The number of furan rings is 1. The molecule has 1 aromatic carbocycles. The predicted octanol–water partition coefficient (Wildman–Crippen LogP) is 3.64. The third-order valence-corrected chi connectivity index (χ3v) is 3.03. The van der Waals surface area contributed by atoms with Gasteiger partial charge in [0.1, 0.15) is 5.82 Å². The number of aromatic nitrogens is 2. The van der Waals surface area contributed by atoms with E-state index in [0.717, 1.165) is 28.1 Å². The van der Waals surface area contributed by atoms with Gasteiger partial charge >= 0.3 is 0 Å². The molecule has 0 saturated carbocycles. The molecule has 0 aliphatic heterocycles. The van der Waals surface area contributed by atoms with Crippen LogP contribution in [0.4, 0.5) is 5.69 Å². The number of rotatable bonds is 3. The summed E-state index contributed by atoms with van der Waals surface area (Å²) < 4.78 is 5.09. The first kappa shape index (κ1) is 10.9. The van der Waals surface area contributed by atoms with Crippen molar-refractivity contribution in [1.82, 2.24) is 9.97 Å². The van der Waals surface area contributed by atoms with Gasteiger partial charge in [-0.05, 0) is 38.1 Å². The molecule has 3 aromatic rings. The van der Waals surface area contributed by atoms with E-state index in [-0.39, 0.29) is 6.04 Å². The summed E-state index contributed by atoms with van der Waals surface area (Å²) in [4.78, 5) is 7.62. The van der Waals surface area contributed by atoms with Gasteiger partial charge in [-0.2, -0.15) is 0 Å². The largest absolute Gasteiger partial charge is 0.472 e. The standard InChI is InChI=1S/C14H15N3O/c1-9(11-5-6-18-8-11)15-12-3-4-13-14(7-12)17-10(2)16-13/h3-9,15H,1-2H3,(H,16,17). The molecule has 0 bridgehead atoms. The molecule has 4 heteroatoms. The first-order chi connectivity index (χ1) is 8.72. The summed E-state index contributed by atoms with van der Waals surface area (Å²) >= 11 is 0. The van der Waals surface area contributed by atoms with Crippen LogP contribution in [-0.2, 0) is 0 Å². The molecule has 4 nitrogen and oxygen atoms in total. The molecule has 1 atom stereocenters. The molecular weight excluding hydrogens is 226 g/mol. The number of nitrogens with zero attached hydrogens (tertiary/aromatic N) is 1. The first-order valence-electron chi connectivity index (χ1n) is 5.97. The summed E-state index contributed by atoms with van der Waals surface area (Å²) in [6, 6.07) is 8.32. The highest BCUT2D eigenvalue weighted by Gasteiger charge is 2.07. The zero-order chi connectivity index (χ0) is 12.5. The maximum absolute atomic E-state index is 5.09. The van der Waals surface area contributed by atoms with Crippen molar-refractivity contribution in [3.63, 3.8) is 0 Å². The normalized spacial score (nSPS) is 12.8. The van der Waals surface area contributed by atoms with Crippen LogP contribution in [0, 0.1) is 6.92 Å². The molecule has 2 aromatic heterocycles. The van der Waals surface area contributed by atoms with Crippen molar-refractivity contribution < 1.29 is 4.42 Å². The Labute approximate surface area is 105 Å². The number of H-pyrrole nitrogens is 1. The predicted molar refractivity (Wildman–Crippen MR) is 71.6 cm³/mol. The van der Waals surface area contributed by atoms with Gasteiger partial charge in [0, 0.05) is 11.3 Å². The van der Waals surface area contributed by atoms with Crippen LogP contribution in [0.2, 0.25) is 0 Å². The van der Waals surface area contributed by atoms with Crippen LogP contribution in [-0.4, -0.2) is 9.97 Å². The van der Waals surface area contributed by atoms with Gasteiger partial charge in [-0.3, -0.25) is 0 Å². The molecule has 3 rings (SSSR count). The fraction of sp³-hybridized carbons (Fsp3) is 0.214. The Kier molecular flexibility index (Phi) is 2.55. The molecule has 2 N–H and O–H groups in total. The molecule has 0 amide bonds. The molecular formula is C14H15N3O. The third kappa shape index (κ3) is 1.97. The van der Waals surface area contributed by atoms with Crippen LogP contribution >= 0.6 is 0 Å². The van der Waals surface area contributed by atoms with E-state index in [9.17, 15) is 0 Å². The second-order valence-electron chi connectivity index (χ2n) is 4.48. The van der Waals surface area contributed by atoms with Crippen molar-refractivity contribution in [2.45, 2.75) is 19.9 Å². The van der Waals surface area contributed by atoms with E-state index in [1.165, 1.54) is 0 Å². The number of aromatic amines is 1. The van der Waals surface area contributed by atoms with E-state index in [1.54, 1.807) is 12.5 Å². The SMILES string of the molecule is Cc1nc2ccc(NC(C)c3ccoc3)cc2[nH]1. The Hall–Kier alpha value is -2.23. The van der Waals surface area contributed by atoms with Gasteiger partial charge in [-0.25, -0.2) is 4.98 Å². The minimum Gasteiger partial charge on any atom is -0.472 e. The van der Waals surface area contributed by atoms with Crippen LogP contribution in [0.15, 0.2) is 41.2 Å². The van der Waals surface area contributed by atoms with Gasteiger partial charge in [0.25, 0.3) is 0 Å². The number of nitrogens with one attached hydrogen (secondary N) is 2. The molecule has 92 valence electrons. The minimum absolute atomic E-state index is 0.213. The molecule has 0 saturated heterocycles. The summed E-state index contributed by atoms with van der Waals surface area (Å²) in [5.41, 5.74) is 4.25. The van der Waals surface area contributed by atoms with Crippen LogP contribution in [0.3, 0.4) is 0 Å². The second kappa shape index (κ2) is 4.22. The van der Waals surface area contributed by atoms with E-state index < -0.39 is 0 Å². The highest BCUT2D eigenvalue weighted by Crippen LogP contribution is 2.22. The molecule has 1 unspecified atom stereocenters. The summed E-state index contributed by atoms with van der Waals surface area (Å²) in [6.07, 6.45) is 3.45. The fourth-order valence-electron chi connectivity index (χ4n) is 2.08. The van der Waals surface area contributed by atoms with Crippen LogP contribution in [0.5, 0.6) is 0 Å². The van der Waals surface area contributed by atoms with Gasteiger partial charge in [0.05, 0.1) is 29.6 Å². The number of hydrogen-bond acceptors (Lipinski definition) is 3. The summed E-state index contributed by atoms with van der Waals surface area (Å²) in [7, 11) is 0. The average molecular weight is 241 g/mol. The number of fused-ring (bicyclic) bond motifs is 1. The van der Waals surface area contributed by atoms with Gasteiger partial charge in [0.2, 0.25) is 0 Å². The van der Waals surface area contributed by atoms with Gasteiger partial charge in [0.15, 0.2) is 0 Å². The lowest BCUT2D eigenvalue weighted by molar-refractivity contribution is 0.562. The molecule has 2 heterocycles. The zero-order valence-corrected chi connectivity index (χ0v) is 10.4. The van der Waals surface area contributed by atoms with Crippen LogP contribution < -0.4 is 5.32 Å². The lowest BCUT2D eigenvalue weighted by Crippen LogP contribution is -2.05. The highest BCUT2D eigenvalue weighted by atomic mass is 16.3. The van der Waals surface area contributed by atoms with Crippen LogP contribution in [0.1, 0.15) is 24.4 Å². The number of anilines is 1. The molecule has 0 fully saturated rings. The zero-order valence-electron chi connectivity index (χ0n) is 10.4. The topological polar surface area (TPSA) is 53.9 Å². The van der Waals surface area contributed by atoms with Gasteiger partial charge < -0.3 is 14.7 Å². The van der Waals surface area contributed by atoms with E-state index in [2.05, 4.69) is 28.3 Å². The average Bonchev–Trinajstić information content (AvgIpc) is 2.95. The van der Waals surface area contributed by atoms with Crippen molar-refractivity contribution in [1.29, 1.82) is 0 Å². The molecule has 0 radical (unpaired) electrons. The smallest absolute Gasteiger partial charge is 0.104 e. The quantitative estimate of drug-likeness (QED) is 0.736. The summed E-state index contributed by atoms with van der Waals surface area (Å²) in [5.74, 6) is 0.935. The minimum atomic E-state index is 0.213. The number of imidazole rings is 1. The molecule has 0 aliphatic rings. The molecule has 0 aliphatic carbocycles. The van der Waals surface area contributed by atoms with E-state index in [1.807, 2.05) is 25.1 Å². The van der Waals surface area contributed by atoms with E-state index in [0.29, 0.717) is 0 Å². The summed E-state index contributed by atoms with van der Waals surface area (Å²) in [6.45, 7) is 4.06. The van der Waals surface area contributed by atoms with Crippen molar-refractivity contribution in [2.75, 3.05) is 5.32 Å². The third-order valence-electron chi connectivity index (χ3n) is 3.03. The lowest BCUT2D eigenvalue weighted by atomic mass is 10.1. The fourth-order valence-corrected chi connectivity index (χ4v) is 2.08. The monoisotopic (exact) mass is 241 g/mol. The maximum Gasteiger partial charge on any atom is 0.104 e. The highest BCUT2D eigenvalue weighted by molar-refractivity contribution is 5.79. The Morgan fingerprint density at radius 3 is 3.00 bits per heavy atom. The van der Waals surface area contributed by atoms with Crippen molar-refractivity contribution >= 4 is 16.7 Å². The number of aryl methyl sites for hydroxylation is 1. The number of hydrogen-bond donors (Lipinski definition) is 2. The van der Waals surface area contributed by atoms with Crippen molar-refractivity contribution in [3.8, 4) is 0 Å². The molecule has 0 spiro atoms. The van der Waals surface area contributed by atoms with Gasteiger partial charge in [-0.1, -0.05) is 0 Å². The Balaban J connectivity index is 1.86.